The van der Waals surface area contributed by atoms with Crippen molar-refractivity contribution in [2.45, 2.75) is 20.0 Å². The smallest absolute Gasteiger partial charge is 0.347 e. The van der Waals surface area contributed by atoms with E-state index in [9.17, 15) is 14.0 Å². The average Bonchev–Trinajstić information content (AvgIpc) is 2.56. The van der Waals surface area contributed by atoms with Crippen LogP contribution < -0.4 is 5.43 Å². The summed E-state index contributed by atoms with van der Waals surface area (Å²) in [4.78, 5) is 28.3. The molecule has 0 spiro atoms. The lowest BCUT2D eigenvalue weighted by Gasteiger charge is -2.11. The van der Waals surface area contributed by atoms with E-state index < -0.39 is 17.6 Å². The molecule has 0 bridgehead atoms. The Kier molecular flexibility index (Phi) is 4.67. The summed E-state index contributed by atoms with van der Waals surface area (Å²) in [5, 5.41) is 0.758. The molecule has 8 heteroatoms. The summed E-state index contributed by atoms with van der Waals surface area (Å²) in [7, 11) is 0. The van der Waals surface area contributed by atoms with Gasteiger partial charge in [-0.2, -0.15) is 0 Å². The van der Waals surface area contributed by atoms with Gasteiger partial charge in [0.25, 0.3) is 0 Å². The van der Waals surface area contributed by atoms with E-state index in [2.05, 4.69) is 9.72 Å². The minimum absolute atomic E-state index is 0.0436. The van der Waals surface area contributed by atoms with Crippen molar-refractivity contribution in [3.05, 3.63) is 49.7 Å². The van der Waals surface area contributed by atoms with Gasteiger partial charge in [-0.3, -0.25) is 4.79 Å². The maximum Gasteiger partial charge on any atom is 0.347 e. The molecule has 1 aromatic carbocycles. The molecule has 3 aromatic rings. The van der Waals surface area contributed by atoms with Crippen molar-refractivity contribution in [2.24, 2.45) is 0 Å². The zero-order chi connectivity index (χ0) is 18.3. The standard InChI is InChI=1S/C17H12Cl2FNO4/c1-3-24-17(23)12(20)13-7(2)4-10-14(22)9-5-8(18)6-11(19)15(9)25-16(10)21-13/h4-6,12H,3H2,1-2H3. The van der Waals surface area contributed by atoms with Crippen molar-refractivity contribution in [1.82, 2.24) is 4.98 Å². The van der Waals surface area contributed by atoms with Crippen molar-refractivity contribution in [3.8, 4) is 0 Å². The lowest BCUT2D eigenvalue weighted by Crippen LogP contribution is -2.15. The van der Waals surface area contributed by atoms with Gasteiger partial charge >= 0.3 is 5.97 Å². The number of halogens is 3. The SMILES string of the molecule is CCOC(=O)C(F)c1nc2oc3c(Cl)cc(Cl)cc3c(=O)c2cc1C. The van der Waals surface area contributed by atoms with Gasteiger partial charge in [0.05, 0.1) is 28.1 Å². The third-order valence-corrected chi connectivity index (χ3v) is 4.15. The number of hydrogen-bond donors (Lipinski definition) is 0. The second kappa shape index (κ2) is 6.61. The molecule has 0 saturated heterocycles. The Morgan fingerprint density at radius 3 is 2.72 bits per heavy atom. The topological polar surface area (TPSA) is 69.4 Å². The number of nitrogens with zero attached hydrogens (tertiary/aromatic N) is 1. The summed E-state index contributed by atoms with van der Waals surface area (Å²) in [6, 6.07) is 4.28. The Morgan fingerprint density at radius 2 is 2.04 bits per heavy atom. The summed E-state index contributed by atoms with van der Waals surface area (Å²) >= 11 is 12.0. The van der Waals surface area contributed by atoms with Gasteiger partial charge in [0.15, 0.2) is 5.58 Å². The Balaban J connectivity index is 2.29. The van der Waals surface area contributed by atoms with E-state index in [1.54, 1.807) is 13.8 Å². The van der Waals surface area contributed by atoms with Crippen molar-refractivity contribution in [3.63, 3.8) is 0 Å². The Labute approximate surface area is 151 Å². The quantitative estimate of drug-likeness (QED) is 0.490. The number of ether oxygens (including phenoxy) is 1. The van der Waals surface area contributed by atoms with Gasteiger partial charge in [-0.15, -0.1) is 0 Å². The summed E-state index contributed by atoms with van der Waals surface area (Å²) < 4.78 is 24.6. The first-order valence-electron chi connectivity index (χ1n) is 7.37. The van der Waals surface area contributed by atoms with Crippen molar-refractivity contribution in [2.75, 3.05) is 6.61 Å². The van der Waals surface area contributed by atoms with Crippen LogP contribution in [0.1, 0.15) is 24.4 Å². The zero-order valence-electron chi connectivity index (χ0n) is 13.2. The molecule has 0 aliphatic carbocycles. The first kappa shape index (κ1) is 17.6. The third kappa shape index (κ3) is 3.07. The minimum Gasteiger partial charge on any atom is -0.464 e. The fourth-order valence-corrected chi connectivity index (χ4v) is 3.04. The molecule has 0 saturated carbocycles. The minimum atomic E-state index is -2.08. The van der Waals surface area contributed by atoms with Gasteiger partial charge in [-0.1, -0.05) is 23.2 Å². The second-order valence-electron chi connectivity index (χ2n) is 5.35. The fraction of sp³-hybridized carbons (Fsp3) is 0.235. The number of alkyl halides is 1. The number of fused-ring (bicyclic) bond motifs is 2. The van der Waals surface area contributed by atoms with E-state index in [4.69, 9.17) is 27.6 Å². The maximum absolute atomic E-state index is 14.4. The van der Waals surface area contributed by atoms with Crippen LogP contribution in [0.15, 0.2) is 27.4 Å². The highest BCUT2D eigenvalue weighted by atomic mass is 35.5. The molecule has 130 valence electrons. The van der Waals surface area contributed by atoms with Gasteiger partial charge in [0.1, 0.15) is 0 Å². The summed E-state index contributed by atoms with van der Waals surface area (Å²) in [6.07, 6.45) is -2.08. The molecule has 0 N–H and O–H groups in total. The first-order chi connectivity index (χ1) is 11.8. The number of aromatic nitrogens is 1. The van der Waals surface area contributed by atoms with E-state index in [0.29, 0.717) is 5.56 Å². The van der Waals surface area contributed by atoms with Crippen LogP contribution in [0.25, 0.3) is 22.1 Å². The molecule has 0 aliphatic rings. The van der Waals surface area contributed by atoms with Crippen molar-refractivity contribution < 1.29 is 18.3 Å². The third-order valence-electron chi connectivity index (χ3n) is 3.65. The van der Waals surface area contributed by atoms with Crippen LogP contribution in [0.3, 0.4) is 0 Å². The number of hydrogen-bond acceptors (Lipinski definition) is 5. The van der Waals surface area contributed by atoms with Crippen molar-refractivity contribution >= 4 is 51.2 Å². The van der Waals surface area contributed by atoms with Gasteiger partial charge < -0.3 is 9.15 Å². The molecule has 25 heavy (non-hydrogen) atoms. The molecule has 2 heterocycles. The first-order valence-corrected chi connectivity index (χ1v) is 8.13. The average molecular weight is 384 g/mol. The van der Waals surface area contributed by atoms with Crippen LogP contribution in [-0.4, -0.2) is 17.6 Å². The molecule has 3 rings (SSSR count). The monoisotopic (exact) mass is 383 g/mol. The molecule has 1 atom stereocenters. The largest absolute Gasteiger partial charge is 0.464 e. The number of carbonyl (C=O) groups excluding carboxylic acids is 1. The zero-order valence-corrected chi connectivity index (χ0v) is 14.7. The highest BCUT2D eigenvalue weighted by Gasteiger charge is 2.26. The van der Waals surface area contributed by atoms with Crippen LogP contribution in [0.2, 0.25) is 10.0 Å². The van der Waals surface area contributed by atoms with Crippen LogP contribution in [0, 0.1) is 6.92 Å². The fourth-order valence-electron chi connectivity index (χ4n) is 2.51. The van der Waals surface area contributed by atoms with E-state index in [1.165, 1.54) is 18.2 Å². The summed E-state index contributed by atoms with van der Waals surface area (Å²) in [6.45, 7) is 3.16. The molecular weight excluding hydrogens is 372 g/mol. The van der Waals surface area contributed by atoms with Gasteiger partial charge in [0.2, 0.25) is 17.3 Å². The van der Waals surface area contributed by atoms with Gasteiger partial charge in [-0.05, 0) is 37.6 Å². The molecule has 1 unspecified atom stereocenters. The molecule has 5 nitrogen and oxygen atoms in total. The van der Waals surface area contributed by atoms with E-state index >= 15 is 0 Å². The van der Waals surface area contributed by atoms with Crippen LogP contribution in [0.5, 0.6) is 0 Å². The lowest BCUT2D eigenvalue weighted by molar-refractivity contribution is -0.149. The van der Waals surface area contributed by atoms with E-state index in [1.807, 2.05) is 0 Å². The van der Waals surface area contributed by atoms with E-state index in [-0.39, 0.29) is 44.4 Å². The van der Waals surface area contributed by atoms with E-state index in [0.717, 1.165) is 0 Å². The second-order valence-corrected chi connectivity index (χ2v) is 6.20. The van der Waals surface area contributed by atoms with Crippen molar-refractivity contribution in [1.29, 1.82) is 0 Å². The molecule has 0 aliphatic heterocycles. The van der Waals surface area contributed by atoms with Crippen LogP contribution in [0.4, 0.5) is 4.39 Å². The number of aryl methyl sites for hydroxylation is 1. The summed E-state index contributed by atoms with van der Waals surface area (Å²) in [5.41, 5.74) is -0.257. The maximum atomic E-state index is 14.4. The predicted molar refractivity (Wildman–Crippen MR) is 93.0 cm³/mol. The number of benzene rings is 1. The van der Waals surface area contributed by atoms with Gasteiger partial charge in [0, 0.05) is 5.02 Å². The number of rotatable bonds is 3. The Morgan fingerprint density at radius 1 is 1.32 bits per heavy atom. The number of pyridine rings is 1. The molecule has 0 radical (unpaired) electrons. The summed E-state index contributed by atoms with van der Waals surface area (Å²) in [5.74, 6) is -1.05. The highest BCUT2D eigenvalue weighted by molar-refractivity contribution is 6.38. The normalized spacial score (nSPS) is 12.5. The molecule has 0 amide bonds. The highest BCUT2D eigenvalue weighted by Crippen LogP contribution is 2.30. The molecule has 0 fully saturated rings. The lowest BCUT2D eigenvalue weighted by atomic mass is 10.1. The Bertz CT molecular complexity index is 1060. The number of carbonyl (C=O) groups is 1. The van der Waals surface area contributed by atoms with Crippen LogP contribution in [-0.2, 0) is 9.53 Å². The predicted octanol–water partition coefficient (Wildman–Crippen LogP) is 4.53. The van der Waals surface area contributed by atoms with Crippen LogP contribution >= 0.6 is 23.2 Å². The molecular formula is C17H12Cl2FNO4. The number of esters is 1. The van der Waals surface area contributed by atoms with Gasteiger partial charge in [-0.25, -0.2) is 14.2 Å². The molecule has 2 aromatic heterocycles. The Hall–Kier alpha value is -2.18.